The van der Waals surface area contributed by atoms with Crippen LogP contribution in [0.2, 0.25) is 5.02 Å². The van der Waals surface area contributed by atoms with Crippen LogP contribution in [0.15, 0.2) is 18.2 Å². The van der Waals surface area contributed by atoms with E-state index in [4.69, 9.17) is 23.2 Å². The van der Waals surface area contributed by atoms with Crippen LogP contribution in [0.4, 0.5) is 4.39 Å². The van der Waals surface area contributed by atoms with Crippen LogP contribution in [0.1, 0.15) is 23.7 Å². The molecule has 0 spiro atoms. The Kier molecular flexibility index (Phi) is 4.13. The maximum absolute atomic E-state index is 13.8. The van der Waals surface area contributed by atoms with Gasteiger partial charge in [-0.05, 0) is 24.5 Å². The quantitative estimate of drug-likeness (QED) is 0.724. The zero-order valence-electron chi connectivity index (χ0n) is 10.00. The van der Waals surface area contributed by atoms with Crippen molar-refractivity contribution < 1.29 is 9.18 Å². The highest BCUT2D eigenvalue weighted by Gasteiger charge is 2.29. The van der Waals surface area contributed by atoms with Crippen LogP contribution in [0.5, 0.6) is 0 Å². The first-order chi connectivity index (χ1) is 8.50. The van der Waals surface area contributed by atoms with E-state index in [1.54, 1.807) is 11.0 Å². The van der Waals surface area contributed by atoms with E-state index in [9.17, 15) is 9.18 Å². The first-order valence-corrected chi connectivity index (χ1v) is 6.69. The van der Waals surface area contributed by atoms with Crippen LogP contribution >= 0.6 is 23.2 Å². The largest absolute Gasteiger partial charge is 0.337 e. The molecule has 0 aliphatic carbocycles. The zero-order valence-corrected chi connectivity index (χ0v) is 11.5. The van der Waals surface area contributed by atoms with Gasteiger partial charge in [-0.25, -0.2) is 4.39 Å². The van der Waals surface area contributed by atoms with E-state index in [0.29, 0.717) is 19.0 Å². The average Bonchev–Trinajstić information content (AvgIpc) is 2.35. The average molecular weight is 290 g/mol. The highest BCUT2D eigenvalue weighted by atomic mass is 35.5. The summed E-state index contributed by atoms with van der Waals surface area (Å²) in [7, 11) is 0. The molecule has 0 saturated carbocycles. The van der Waals surface area contributed by atoms with Crippen molar-refractivity contribution in [2.75, 3.05) is 13.1 Å². The summed E-state index contributed by atoms with van der Waals surface area (Å²) in [6, 6.07) is 4.45. The van der Waals surface area contributed by atoms with E-state index in [0.717, 1.165) is 6.42 Å². The number of nitrogens with zero attached hydrogens (tertiary/aromatic N) is 1. The van der Waals surface area contributed by atoms with Crippen LogP contribution in [-0.4, -0.2) is 29.3 Å². The molecular formula is C13H14Cl2FNO. The first-order valence-electron chi connectivity index (χ1n) is 5.88. The van der Waals surface area contributed by atoms with Gasteiger partial charge in [-0.15, -0.1) is 11.6 Å². The summed E-state index contributed by atoms with van der Waals surface area (Å²) in [6.07, 6.45) is 0.835. The fourth-order valence-corrected chi connectivity index (χ4v) is 2.51. The molecule has 1 aliphatic rings. The van der Waals surface area contributed by atoms with Crippen molar-refractivity contribution in [3.05, 3.63) is 34.6 Å². The number of hydrogen-bond acceptors (Lipinski definition) is 1. The number of likely N-dealkylation sites (tertiary alicyclic amines) is 1. The van der Waals surface area contributed by atoms with Gasteiger partial charge in [-0.3, -0.25) is 4.79 Å². The van der Waals surface area contributed by atoms with Gasteiger partial charge in [0.1, 0.15) is 0 Å². The van der Waals surface area contributed by atoms with Gasteiger partial charge in [-0.1, -0.05) is 24.6 Å². The number of carbonyl (C=O) groups excluding carboxylic acids is 1. The van der Waals surface area contributed by atoms with Crippen molar-refractivity contribution >= 4 is 29.1 Å². The third kappa shape index (κ3) is 2.62. The fourth-order valence-electron chi connectivity index (χ4n) is 2.05. The molecule has 1 aromatic rings. The molecule has 98 valence electrons. The number of carbonyl (C=O) groups is 1. The lowest BCUT2D eigenvalue weighted by Gasteiger charge is -2.34. The van der Waals surface area contributed by atoms with Crippen molar-refractivity contribution in [3.8, 4) is 0 Å². The number of amides is 1. The van der Waals surface area contributed by atoms with Gasteiger partial charge in [0.15, 0.2) is 5.82 Å². The molecule has 0 aromatic heterocycles. The predicted octanol–water partition coefficient (Wildman–Crippen LogP) is 3.57. The van der Waals surface area contributed by atoms with E-state index >= 15 is 0 Å². The molecule has 0 N–H and O–H groups in total. The molecule has 2 rings (SSSR count). The molecule has 0 radical (unpaired) electrons. The fraction of sp³-hybridized carbons (Fsp3) is 0.462. The van der Waals surface area contributed by atoms with Crippen LogP contribution in [0.25, 0.3) is 0 Å². The second-order valence-electron chi connectivity index (χ2n) is 4.63. The molecule has 1 aliphatic heterocycles. The molecule has 2 unspecified atom stereocenters. The normalized spacial score (nSPS) is 24.1. The van der Waals surface area contributed by atoms with Gasteiger partial charge in [0, 0.05) is 13.1 Å². The van der Waals surface area contributed by atoms with Crippen LogP contribution < -0.4 is 0 Å². The third-order valence-electron chi connectivity index (χ3n) is 3.34. The first kappa shape index (κ1) is 13.6. The van der Waals surface area contributed by atoms with E-state index in [2.05, 4.69) is 6.92 Å². The minimum absolute atomic E-state index is 0.0147. The van der Waals surface area contributed by atoms with Crippen molar-refractivity contribution in [2.24, 2.45) is 5.92 Å². The second kappa shape index (κ2) is 5.45. The second-order valence-corrected chi connectivity index (χ2v) is 5.60. The minimum Gasteiger partial charge on any atom is -0.337 e. The molecule has 0 bridgehead atoms. The predicted molar refractivity (Wildman–Crippen MR) is 70.7 cm³/mol. The van der Waals surface area contributed by atoms with Gasteiger partial charge in [0.2, 0.25) is 0 Å². The standard InChI is InChI=1S/C13H14Cl2FNO/c1-8-5-6-17(7-11(8)15)13(18)9-3-2-4-10(14)12(9)16/h2-4,8,11H,5-7H2,1H3. The maximum Gasteiger partial charge on any atom is 0.256 e. The Morgan fingerprint density at radius 3 is 2.89 bits per heavy atom. The summed E-state index contributed by atoms with van der Waals surface area (Å²) < 4.78 is 13.8. The van der Waals surface area contributed by atoms with Crippen molar-refractivity contribution in [3.63, 3.8) is 0 Å². The lowest BCUT2D eigenvalue weighted by atomic mass is 9.98. The highest BCUT2D eigenvalue weighted by Crippen LogP contribution is 2.25. The monoisotopic (exact) mass is 289 g/mol. The molecule has 5 heteroatoms. The molecule has 1 amide bonds. The number of piperidine rings is 1. The van der Waals surface area contributed by atoms with Crippen LogP contribution in [-0.2, 0) is 0 Å². The summed E-state index contributed by atoms with van der Waals surface area (Å²) in [4.78, 5) is 13.8. The molecule has 1 aromatic carbocycles. The Morgan fingerprint density at radius 2 is 2.22 bits per heavy atom. The molecule has 18 heavy (non-hydrogen) atoms. The Labute approximate surface area is 116 Å². The highest BCUT2D eigenvalue weighted by molar-refractivity contribution is 6.31. The number of halogens is 3. The minimum atomic E-state index is -0.658. The van der Waals surface area contributed by atoms with Crippen LogP contribution in [0, 0.1) is 11.7 Å². The Bertz CT molecular complexity index is 466. The SMILES string of the molecule is CC1CCN(C(=O)c2cccc(Cl)c2F)CC1Cl. The molecular weight excluding hydrogens is 276 g/mol. The lowest BCUT2D eigenvalue weighted by Crippen LogP contribution is -2.44. The van der Waals surface area contributed by atoms with Crippen molar-refractivity contribution in [2.45, 2.75) is 18.7 Å². The summed E-state index contributed by atoms with van der Waals surface area (Å²) in [5.74, 6) is -0.624. The summed E-state index contributed by atoms with van der Waals surface area (Å²) in [5, 5.41) is -0.112. The summed E-state index contributed by atoms with van der Waals surface area (Å²) in [6.45, 7) is 3.11. The lowest BCUT2D eigenvalue weighted by molar-refractivity contribution is 0.0696. The molecule has 1 fully saturated rings. The zero-order chi connectivity index (χ0) is 13.3. The summed E-state index contributed by atoms with van der Waals surface area (Å²) >= 11 is 11.8. The van der Waals surface area contributed by atoms with Gasteiger partial charge in [-0.2, -0.15) is 0 Å². The number of benzene rings is 1. The Morgan fingerprint density at radius 1 is 1.50 bits per heavy atom. The Balaban J connectivity index is 2.19. The van der Waals surface area contributed by atoms with E-state index in [1.165, 1.54) is 12.1 Å². The van der Waals surface area contributed by atoms with Crippen molar-refractivity contribution in [1.29, 1.82) is 0 Å². The molecule has 2 atom stereocenters. The number of alkyl halides is 1. The van der Waals surface area contributed by atoms with Crippen molar-refractivity contribution in [1.82, 2.24) is 4.90 Å². The van der Waals surface area contributed by atoms with Crippen LogP contribution in [0.3, 0.4) is 0 Å². The summed E-state index contributed by atoms with van der Waals surface area (Å²) in [5.41, 5.74) is 0.0147. The Hall–Kier alpha value is -0.800. The van der Waals surface area contributed by atoms with E-state index < -0.39 is 5.82 Å². The van der Waals surface area contributed by atoms with Gasteiger partial charge in [0.05, 0.1) is 16.0 Å². The van der Waals surface area contributed by atoms with Gasteiger partial charge < -0.3 is 4.90 Å². The topological polar surface area (TPSA) is 20.3 Å². The smallest absolute Gasteiger partial charge is 0.256 e. The molecule has 1 saturated heterocycles. The van der Waals surface area contributed by atoms with E-state index in [-0.39, 0.29) is 21.9 Å². The third-order valence-corrected chi connectivity index (χ3v) is 4.20. The van der Waals surface area contributed by atoms with Gasteiger partial charge in [0.25, 0.3) is 5.91 Å². The molecule has 1 heterocycles. The number of rotatable bonds is 1. The van der Waals surface area contributed by atoms with E-state index in [1.807, 2.05) is 0 Å². The molecule has 2 nitrogen and oxygen atoms in total. The van der Waals surface area contributed by atoms with Gasteiger partial charge >= 0.3 is 0 Å². The number of hydrogen-bond donors (Lipinski definition) is 0. The maximum atomic E-state index is 13.8.